The minimum absolute atomic E-state index is 0.0778. The molecule has 2 aromatic carbocycles. The van der Waals surface area contributed by atoms with E-state index in [4.69, 9.17) is 23.2 Å². The average molecular weight is 409 g/mol. The quantitative estimate of drug-likeness (QED) is 0.516. The molecule has 0 spiro atoms. The van der Waals surface area contributed by atoms with Crippen molar-refractivity contribution in [2.75, 3.05) is 0 Å². The summed E-state index contributed by atoms with van der Waals surface area (Å²) in [5.41, 5.74) is 2.26. The minimum atomic E-state index is -0.0778. The lowest BCUT2D eigenvalue weighted by Crippen LogP contribution is -1.97. The maximum Gasteiger partial charge on any atom is 0.0636 e. The van der Waals surface area contributed by atoms with Gasteiger partial charge in [0.1, 0.15) is 0 Å². The van der Waals surface area contributed by atoms with Crippen LogP contribution in [0.2, 0.25) is 5.02 Å². The van der Waals surface area contributed by atoms with Crippen LogP contribution in [0.25, 0.3) is 0 Å². The van der Waals surface area contributed by atoms with Gasteiger partial charge in [0.2, 0.25) is 0 Å². The summed E-state index contributed by atoms with van der Waals surface area (Å²) in [6.45, 7) is 0. The molecule has 2 aromatic rings. The maximum atomic E-state index is 6.46. The third kappa shape index (κ3) is 3.74. The first-order chi connectivity index (χ1) is 8.56. The van der Waals surface area contributed by atoms with E-state index in [1.54, 1.807) is 0 Å². The summed E-state index contributed by atoms with van der Waals surface area (Å²) in [6.07, 6.45) is 0.779. The molecule has 0 saturated carbocycles. The van der Waals surface area contributed by atoms with Crippen LogP contribution in [0.5, 0.6) is 0 Å². The Bertz CT molecular complexity index is 555. The van der Waals surface area contributed by atoms with Crippen LogP contribution in [-0.2, 0) is 6.42 Å². The third-order valence-electron chi connectivity index (χ3n) is 2.60. The van der Waals surface area contributed by atoms with Gasteiger partial charge >= 0.3 is 0 Å². The normalized spacial score (nSPS) is 12.4. The van der Waals surface area contributed by atoms with E-state index in [1.807, 2.05) is 30.3 Å². The van der Waals surface area contributed by atoms with Gasteiger partial charge in [-0.2, -0.15) is 0 Å². The summed E-state index contributed by atoms with van der Waals surface area (Å²) < 4.78 is 2.02. The SMILES string of the molecule is Clc1ccc(C(Cl)Cc2cccc(Br)c2)c(Br)c1. The highest BCUT2D eigenvalue weighted by atomic mass is 79.9. The van der Waals surface area contributed by atoms with Gasteiger partial charge in [0.25, 0.3) is 0 Å². The predicted molar refractivity (Wildman–Crippen MR) is 85.6 cm³/mol. The van der Waals surface area contributed by atoms with Gasteiger partial charge in [-0.3, -0.25) is 0 Å². The molecule has 0 N–H and O–H groups in total. The van der Waals surface area contributed by atoms with Gasteiger partial charge in [0.15, 0.2) is 0 Å². The fourth-order valence-electron chi connectivity index (χ4n) is 1.74. The van der Waals surface area contributed by atoms with Crippen LogP contribution in [0.1, 0.15) is 16.5 Å². The van der Waals surface area contributed by atoms with Crippen LogP contribution >= 0.6 is 55.1 Å². The zero-order valence-electron chi connectivity index (χ0n) is 9.34. The predicted octanol–water partition coefficient (Wildman–Crippen LogP) is 6.39. The van der Waals surface area contributed by atoms with E-state index < -0.39 is 0 Å². The van der Waals surface area contributed by atoms with E-state index in [2.05, 4.69) is 44.0 Å². The first kappa shape index (κ1) is 14.4. The molecule has 0 amide bonds. The lowest BCUT2D eigenvalue weighted by molar-refractivity contribution is 0.914. The van der Waals surface area contributed by atoms with Crippen LogP contribution in [0.15, 0.2) is 51.4 Å². The molecule has 0 nitrogen and oxygen atoms in total. The molecule has 0 aliphatic heterocycles. The molecule has 0 bridgehead atoms. The molecule has 0 saturated heterocycles. The van der Waals surface area contributed by atoms with Crippen molar-refractivity contribution in [3.05, 3.63) is 67.6 Å². The van der Waals surface area contributed by atoms with Crippen molar-refractivity contribution in [1.82, 2.24) is 0 Å². The van der Waals surface area contributed by atoms with Crippen molar-refractivity contribution in [3.8, 4) is 0 Å². The summed E-state index contributed by atoms with van der Waals surface area (Å²) in [4.78, 5) is 0. The van der Waals surface area contributed by atoms with Gasteiger partial charge in [0, 0.05) is 14.0 Å². The molecule has 0 heterocycles. The molecule has 94 valence electrons. The second-order valence-electron chi connectivity index (χ2n) is 3.97. The Kier molecular flexibility index (Phi) is 5.14. The van der Waals surface area contributed by atoms with Crippen molar-refractivity contribution in [3.63, 3.8) is 0 Å². The fraction of sp³-hybridized carbons (Fsp3) is 0.143. The number of benzene rings is 2. The molecule has 2 rings (SSSR count). The van der Waals surface area contributed by atoms with E-state index >= 15 is 0 Å². The van der Waals surface area contributed by atoms with Gasteiger partial charge in [-0.15, -0.1) is 11.6 Å². The van der Waals surface area contributed by atoms with E-state index in [9.17, 15) is 0 Å². The number of hydrogen-bond donors (Lipinski definition) is 0. The first-order valence-corrected chi connectivity index (χ1v) is 7.80. The van der Waals surface area contributed by atoms with Crippen molar-refractivity contribution in [2.24, 2.45) is 0 Å². The van der Waals surface area contributed by atoms with Gasteiger partial charge in [-0.1, -0.05) is 61.7 Å². The third-order valence-corrected chi connectivity index (χ3v) is 4.41. The van der Waals surface area contributed by atoms with E-state index in [-0.39, 0.29) is 5.38 Å². The summed E-state index contributed by atoms with van der Waals surface area (Å²) in [6, 6.07) is 13.9. The van der Waals surface area contributed by atoms with E-state index in [0.29, 0.717) is 5.02 Å². The van der Waals surface area contributed by atoms with Crippen LogP contribution in [-0.4, -0.2) is 0 Å². The van der Waals surface area contributed by atoms with Crippen LogP contribution in [0.4, 0.5) is 0 Å². The Balaban J connectivity index is 2.19. The van der Waals surface area contributed by atoms with Crippen LogP contribution in [0, 0.1) is 0 Å². The molecule has 0 radical (unpaired) electrons. The molecule has 0 aromatic heterocycles. The maximum absolute atomic E-state index is 6.46. The summed E-state index contributed by atoms with van der Waals surface area (Å²) >= 11 is 19.3. The Labute approximate surface area is 134 Å². The molecule has 1 atom stereocenters. The monoisotopic (exact) mass is 406 g/mol. The molecule has 1 unspecified atom stereocenters. The molecule has 0 aliphatic rings. The van der Waals surface area contributed by atoms with Gasteiger partial charge < -0.3 is 0 Å². The number of halogens is 4. The average Bonchev–Trinajstić information content (AvgIpc) is 2.28. The summed E-state index contributed by atoms with van der Waals surface area (Å²) in [7, 11) is 0. The standard InChI is InChI=1S/C14H10Br2Cl2/c15-10-3-1-2-9(6-10)7-14(18)12-5-4-11(17)8-13(12)16/h1-6,8,14H,7H2. The highest BCUT2D eigenvalue weighted by Gasteiger charge is 2.12. The lowest BCUT2D eigenvalue weighted by atomic mass is 10.0. The zero-order chi connectivity index (χ0) is 13.1. The molecular weight excluding hydrogens is 399 g/mol. The zero-order valence-corrected chi connectivity index (χ0v) is 14.0. The number of alkyl halides is 1. The van der Waals surface area contributed by atoms with Gasteiger partial charge in [0.05, 0.1) is 5.38 Å². The van der Waals surface area contributed by atoms with Crippen molar-refractivity contribution in [1.29, 1.82) is 0 Å². The Morgan fingerprint density at radius 2 is 1.83 bits per heavy atom. The summed E-state index contributed by atoms with van der Waals surface area (Å²) in [5.74, 6) is 0. The number of hydrogen-bond acceptors (Lipinski definition) is 0. The fourth-order valence-corrected chi connectivity index (χ4v) is 3.64. The van der Waals surface area contributed by atoms with Crippen LogP contribution in [0.3, 0.4) is 0 Å². The van der Waals surface area contributed by atoms with Crippen molar-refractivity contribution < 1.29 is 0 Å². The summed E-state index contributed by atoms with van der Waals surface area (Å²) in [5, 5.41) is 0.628. The lowest BCUT2D eigenvalue weighted by Gasteiger charge is -2.12. The van der Waals surface area contributed by atoms with Gasteiger partial charge in [-0.05, 0) is 41.8 Å². The second kappa shape index (κ2) is 6.42. The van der Waals surface area contributed by atoms with E-state index in [1.165, 1.54) is 5.56 Å². The first-order valence-electron chi connectivity index (χ1n) is 5.40. The Hall–Kier alpha value is -0.0200. The van der Waals surface area contributed by atoms with Crippen molar-refractivity contribution >= 4 is 55.1 Å². The van der Waals surface area contributed by atoms with Crippen LogP contribution < -0.4 is 0 Å². The largest absolute Gasteiger partial charge is 0.117 e. The smallest absolute Gasteiger partial charge is 0.0636 e. The Morgan fingerprint density at radius 3 is 2.50 bits per heavy atom. The molecule has 0 aliphatic carbocycles. The number of rotatable bonds is 3. The van der Waals surface area contributed by atoms with Crippen molar-refractivity contribution in [2.45, 2.75) is 11.8 Å². The molecule has 18 heavy (non-hydrogen) atoms. The van der Waals surface area contributed by atoms with Gasteiger partial charge in [-0.25, -0.2) is 0 Å². The highest BCUT2D eigenvalue weighted by molar-refractivity contribution is 9.10. The molecular formula is C14H10Br2Cl2. The second-order valence-corrected chi connectivity index (χ2v) is 6.70. The van der Waals surface area contributed by atoms with E-state index in [0.717, 1.165) is 20.9 Å². The highest BCUT2D eigenvalue weighted by Crippen LogP contribution is 2.33. The molecule has 0 fully saturated rings. The minimum Gasteiger partial charge on any atom is -0.117 e. The topological polar surface area (TPSA) is 0 Å². The Morgan fingerprint density at radius 1 is 1.06 bits per heavy atom. The molecule has 4 heteroatoms.